The highest BCUT2D eigenvalue weighted by molar-refractivity contribution is 5.95. The second kappa shape index (κ2) is 11.7. The van der Waals surface area contributed by atoms with Gasteiger partial charge in [-0.25, -0.2) is 14.9 Å². The van der Waals surface area contributed by atoms with Crippen LogP contribution < -0.4 is 10.1 Å². The maximum Gasteiger partial charge on any atom is 0.422 e. The Balaban J connectivity index is 1.72. The number of hydrogen-bond acceptors (Lipinski definition) is 7. The van der Waals surface area contributed by atoms with Crippen LogP contribution in [0.15, 0.2) is 54.6 Å². The molecule has 9 heteroatoms. The average molecular weight is 497 g/mol. The first-order chi connectivity index (χ1) is 17.1. The van der Waals surface area contributed by atoms with Crippen LogP contribution in [-0.2, 0) is 14.3 Å². The molecule has 0 aliphatic carbocycles. The Labute approximate surface area is 210 Å². The highest BCUT2D eigenvalue weighted by Gasteiger charge is 2.38. The SMILES string of the molecule is COC(=O)C(c1ccccc1)C1CCCCN1C(=O)c1ccc(OC(=O)NC(=O)OC(C)(C)C)cc1. The normalized spacial score (nSPS) is 16.4. The fourth-order valence-corrected chi connectivity index (χ4v) is 4.21. The van der Waals surface area contributed by atoms with Crippen molar-refractivity contribution in [2.24, 2.45) is 0 Å². The number of ether oxygens (including phenoxy) is 3. The Morgan fingerprint density at radius 3 is 2.22 bits per heavy atom. The largest absolute Gasteiger partial charge is 0.468 e. The molecule has 2 aromatic rings. The third kappa shape index (κ3) is 7.07. The Bertz CT molecular complexity index is 1080. The summed E-state index contributed by atoms with van der Waals surface area (Å²) < 4.78 is 15.2. The van der Waals surface area contributed by atoms with E-state index in [1.807, 2.05) is 35.6 Å². The summed E-state index contributed by atoms with van der Waals surface area (Å²) in [4.78, 5) is 51.6. The van der Waals surface area contributed by atoms with E-state index < -0.39 is 23.7 Å². The molecule has 2 atom stereocenters. The molecule has 1 saturated heterocycles. The van der Waals surface area contributed by atoms with E-state index in [9.17, 15) is 19.2 Å². The maximum atomic E-state index is 13.5. The molecule has 1 N–H and O–H groups in total. The maximum absolute atomic E-state index is 13.5. The molecule has 2 unspecified atom stereocenters. The molecule has 1 heterocycles. The van der Waals surface area contributed by atoms with Crippen molar-refractivity contribution in [2.75, 3.05) is 13.7 Å². The van der Waals surface area contributed by atoms with E-state index in [1.54, 1.807) is 37.8 Å². The van der Waals surface area contributed by atoms with E-state index in [4.69, 9.17) is 14.2 Å². The van der Waals surface area contributed by atoms with Crippen molar-refractivity contribution < 1.29 is 33.4 Å². The summed E-state index contributed by atoms with van der Waals surface area (Å²) in [6.07, 6.45) is 0.481. The molecule has 0 aromatic heterocycles. The van der Waals surface area contributed by atoms with Gasteiger partial charge in [0.15, 0.2) is 0 Å². The lowest BCUT2D eigenvalue weighted by Crippen LogP contribution is -2.48. The van der Waals surface area contributed by atoms with Gasteiger partial charge in [0.2, 0.25) is 0 Å². The molecular formula is C27H32N2O7. The third-order valence-corrected chi connectivity index (χ3v) is 5.72. The Morgan fingerprint density at radius 1 is 0.944 bits per heavy atom. The van der Waals surface area contributed by atoms with Crippen LogP contribution in [0.3, 0.4) is 0 Å². The second-order valence-electron chi connectivity index (χ2n) is 9.51. The third-order valence-electron chi connectivity index (χ3n) is 5.72. The van der Waals surface area contributed by atoms with Crippen molar-refractivity contribution in [3.8, 4) is 5.75 Å². The summed E-state index contributed by atoms with van der Waals surface area (Å²) in [5, 5.41) is 1.98. The quantitative estimate of drug-likeness (QED) is 0.599. The molecule has 1 aliphatic heterocycles. The van der Waals surface area contributed by atoms with E-state index in [0.717, 1.165) is 18.4 Å². The molecule has 0 spiro atoms. The Hall–Kier alpha value is -3.88. The van der Waals surface area contributed by atoms with Gasteiger partial charge in [-0.1, -0.05) is 30.3 Å². The number of benzene rings is 2. The smallest absolute Gasteiger partial charge is 0.422 e. The van der Waals surface area contributed by atoms with Gasteiger partial charge in [0, 0.05) is 18.2 Å². The number of alkyl carbamates (subject to hydrolysis) is 1. The molecule has 36 heavy (non-hydrogen) atoms. The minimum Gasteiger partial charge on any atom is -0.468 e. The molecule has 1 fully saturated rings. The van der Waals surface area contributed by atoms with Crippen molar-refractivity contribution in [1.29, 1.82) is 0 Å². The predicted octanol–water partition coefficient (Wildman–Crippen LogP) is 4.66. The van der Waals surface area contributed by atoms with Crippen LogP contribution in [0, 0.1) is 0 Å². The van der Waals surface area contributed by atoms with Crippen molar-refractivity contribution in [3.05, 3.63) is 65.7 Å². The van der Waals surface area contributed by atoms with Gasteiger partial charge in [-0.05, 0) is 69.9 Å². The van der Waals surface area contributed by atoms with Crippen LogP contribution in [0.5, 0.6) is 5.75 Å². The number of nitrogens with one attached hydrogen (secondary N) is 1. The van der Waals surface area contributed by atoms with E-state index >= 15 is 0 Å². The summed E-state index contributed by atoms with van der Waals surface area (Å²) in [6.45, 7) is 5.54. The van der Waals surface area contributed by atoms with Crippen molar-refractivity contribution in [2.45, 2.75) is 57.6 Å². The van der Waals surface area contributed by atoms with Gasteiger partial charge in [0.05, 0.1) is 7.11 Å². The van der Waals surface area contributed by atoms with Gasteiger partial charge < -0.3 is 19.1 Å². The Morgan fingerprint density at radius 2 is 1.61 bits per heavy atom. The van der Waals surface area contributed by atoms with Crippen LogP contribution in [0.25, 0.3) is 0 Å². The summed E-state index contributed by atoms with van der Waals surface area (Å²) in [5.41, 5.74) is 0.429. The number of imide groups is 1. The Kier molecular flexibility index (Phi) is 8.68. The molecule has 0 bridgehead atoms. The molecule has 3 rings (SSSR count). The van der Waals surface area contributed by atoms with Crippen molar-refractivity contribution >= 4 is 24.1 Å². The fourth-order valence-electron chi connectivity index (χ4n) is 4.21. The first-order valence-corrected chi connectivity index (χ1v) is 11.8. The molecule has 1 aliphatic rings. The first kappa shape index (κ1) is 26.7. The van der Waals surface area contributed by atoms with Crippen molar-refractivity contribution in [3.63, 3.8) is 0 Å². The fraction of sp³-hybridized carbons (Fsp3) is 0.407. The monoisotopic (exact) mass is 496 g/mol. The van der Waals surface area contributed by atoms with Crippen LogP contribution in [0.1, 0.15) is 61.9 Å². The standard InChI is InChI=1S/C27H32N2O7/c1-27(2,3)36-26(33)28-25(32)35-20-15-13-19(14-16-20)23(30)29-17-9-8-12-21(29)22(24(31)34-4)18-10-6-5-7-11-18/h5-7,10-11,13-16,21-22H,8-9,12,17H2,1-4H3,(H,28,32,33). The van der Waals surface area contributed by atoms with Crippen LogP contribution in [0.4, 0.5) is 9.59 Å². The number of esters is 1. The molecular weight excluding hydrogens is 464 g/mol. The first-order valence-electron chi connectivity index (χ1n) is 11.8. The van der Waals surface area contributed by atoms with E-state index in [0.29, 0.717) is 18.5 Å². The minimum atomic E-state index is -0.997. The van der Waals surface area contributed by atoms with Gasteiger partial charge in [0.25, 0.3) is 5.91 Å². The number of nitrogens with zero attached hydrogens (tertiary/aromatic N) is 1. The van der Waals surface area contributed by atoms with Gasteiger partial charge in [-0.2, -0.15) is 0 Å². The summed E-state index contributed by atoms with van der Waals surface area (Å²) in [6, 6.07) is 15.0. The van der Waals surface area contributed by atoms with Crippen LogP contribution in [-0.4, -0.2) is 54.3 Å². The van der Waals surface area contributed by atoms with Crippen LogP contribution >= 0.6 is 0 Å². The van der Waals surface area contributed by atoms with E-state index in [1.165, 1.54) is 19.2 Å². The number of methoxy groups -OCH3 is 1. The van der Waals surface area contributed by atoms with Crippen LogP contribution in [0.2, 0.25) is 0 Å². The summed E-state index contributed by atoms with van der Waals surface area (Å²) in [5.74, 6) is -1.06. The lowest BCUT2D eigenvalue weighted by atomic mass is 9.84. The second-order valence-corrected chi connectivity index (χ2v) is 9.51. The molecule has 2 aromatic carbocycles. The predicted molar refractivity (Wildman–Crippen MR) is 132 cm³/mol. The van der Waals surface area contributed by atoms with Gasteiger partial charge in [0.1, 0.15) is 17.3 Å². The van der Waals surface area contributed by atoms with Gasteiger partial charge in [-0.15, -0.1) is 0 Å². The number of piperidine rings is 1. The molecule has 0 radical (unpaired) electrons. The lowest BCUT2D eigenvalue weighted by molar-refractivity contribution is -0.144. The van der Waals surface area contributed by atoms with Gasteiger partial charge in [-0.3, -0.25) is 9.59 Å². The van der Waals surface area contributed by atoms with E-state index in [2.05, 4.69) is 0 Å². The van der Waals surface area contributed by atoms with E-state index in [-0.39, 0.29) is 23.7 Å². The molecule has 3 amide bonds. The number of carbonyl (C=O) groups is 4. The zero-order valence-corrected chi connectivity index (χ0v) is 21.0. The number of likely N-dealkylation sites (tertiary alicyclic amines) is 1. The molecule has 192 valence electrons. The van der Waals surface area contributed by atoms with Gasteiger partial charge >= 0.3 is 18.2 Å². The zero-order chi connectivity index (χ0) is 26.3. The van der Waals surface area contributed by atoms with Crippen molar-refractivity contribution in [1.82, 2.24) is 10.2 Å². The topological polar surface area (TPSA) is 111 Å². The minimum absolute atomic E-state index is 0.152. The molecule has 9 nitrogen and oxygen atoms in total. The number of hydrogen-bond donors (Lipinski definition) is 1. The lowest BCUT2D eigenvalue weighted by Gasteiger charge is -2.39. The number of carbonyl (C=O) groups excluding carboxylic acids is 4. The number of rotatable bonds is 5. The highest BCUT2D eigenvalue weighted by atomic mass is 16.6. The summed E-state index contributed by atoms with van der Waals surface area (Å²) >= 11 is 0. The zero-order valence-electron chi connectivity index (χ0n) is 21.0. The summed E-state index contributed by atoms with van der Waals surface area (Å²) in [7, 11) is 1.35. The average Bonchev–Trinajstić information content (AvgIpc) is 2.84. The molecule has 0 saturated carbocycles. The number of amides is 3. The highest BCUT2D eigenvalue weighted by Crippen LogP contribution is 2.33.